The van der Waals surface area contributed by atoms with Crippen LogP contribution in [0.2, 0.25) is 0 Å². The Balaban J connectivity index is 0.00000338. The van der Waals surface area contributed by atoms with Crippen molar-refractivity contribution in [2.75, 3.05) is 13.7 Å². The number of nitrogens with one attached hydrogen (secondary N) is 2. The van der Waals surface area contributed by atoms with Crippen LogP contribution in [0.15, 0.2) is 66.2 Å². The van der Waals surface area contributed by atoms with Gasteiger partial charge in [-0.25, -0.2) is 0 Å². The molecule has 0 heterocycles. The molecule has 0 unspecified atom stereocenters. The van der Waals surface area contributed by atoms with E-state index in [1.54, 1.807) is 25.3 Å². The SMILES string of the molecule is C=CCOc1ccccc1CNC(=NC)NCc1ccc(C#N)cc1.I. The fraction of sp³-hybridized carbons (Fsp3) is 0.200. The summed E-state index contributed by atoms with van der Waals surface area (Å²) in [6.45, 7) is 5.37. The molecule has 0 aliphatic carbocycles. The molecule has 0 aliphatic rings. The number of rotatable bonds is 7. The molecule has 0 saturated heterocycles. The number of guanidine groups is 1. The highest BCUT2D eigenvalue weighted by Crippen LogP contribution is 2.17. The smallest absolute Gasteiger partial charge is 0.191 e. The molecule has 0 radical (unpaired) electrons. The number of halogens is 1. The van der Waals surface area contributed by atoms with Crippen LogP contribution in [0.25, 0.3) is 0 Å². The van der Waals surface area contributed by atoms with E-state index < -0.39 is 0 Å². The Hall–Kier alpha value is -2.53. The third-order valence-corrected chi connectivity index (χ3v) is 3.54. The van der Waals surface area contributed by atoms with E-state index in [1.165, 1.54) is 0 Å². The average molecular weight is 462 g/mol. The van der Waals surface area contributed by atoms with E-state index in [1.807, 2.05) is 36.4 Å². The lowest BCUT2D eigenvalue weighted by molar-refractivity contribution is 0.358. The van der Waals surface area contributed by atoms with Crippen molar-refractivity contribution < 1.29 is 4.74 Å². The first-order valence-electron chi connectivity index (χ1n) is 8.02. The third kappa shape index (κ3) is 6.76. The fourth-order valence-corrected chi connectivity index (χ4v) is 2.22. The summed E-state index contributed by atoms with van der Waals surface area (Å²) in [7, 11) is 1.73. The van der Waals surface area contributed by atoms with Crippen LogP contribution in [0, 0.1) is 11.3 Å². The lowest BCUT2D eigenvalue weighted by atomic mass is 10.1. The molecule has 2 aromatic rings. The molecule has 0 fully saturated rings. The second kappa shape index (κ2) is 11.9. The molecule has 0 spiro atoms. The molecule has 6 heteroatoms. The monoisotopic (exact) mass is 462 g/mol. The summed E-state index contributed by atoms with van der Waals surface area (Å²) in [6.07, 6.45) is 1.72. The zero-order valence-electron chi connectivity index (χ0n) is 14.7. The van der Waals surface area contributed by atoms with Gasteiger partial charge in [-0.15, -0.1) is 24.0 Å². The van der Waals surface area contributed by atoms with Gasteiger partial charge in [0.1, 0.15) is 12.4 Å². The maximum atomic E-state index is 8.83. The highest BCUT2D eigenvalue weighted by Gasteiger charge is 2.04. The molecule has 0 aliphatic heterocycles. The number of para-hydroxylation sites is 1. The first-order chi connectivity index (χ1) is 12.3. The highest BCUT2D eigenvalue weighted by atomic mass is 127. The van der Waals surface area contributed by atoms with Crippen LogP contribution in [0.1, 0.15) is 16.7 Å². The molecule has 0 amide bonds. The van der Waals surface area contributed by atoms with E-state index >= 15 is 0 Å². The summed E-state index contributed by atoms with van der Waals surface area (Å²) >= 11 is 0. The minimum Gasteiger partial charge on any atom is -0.489 e. The zero-order valence-corrected chi connectivity index (χ0v) is 17.1. The van der Waals surface area contributed by atoms with E-state index in [9.17, 15) is 0 Å². The van der Waals surface area contributed by atoms with Crippen molar-refractivity contribution in [3.8, 4) is 11.8 Å². The van der Waals surface area contributed by atoms with Crippen molar-refractivity contribution in [3.05, 3.63) is 77.9 Å². The van der Waals surface area contributed by atoms with Gasteiger partial charge in [-0.2, -0.15) is 5.26 Å². The lowest BCUT2D eigenvalue weighted by Gasteiger charge is -2.14. The normalized spacial score (nSPS) is 10.2. The summed E-state index contributed by atoms with van der Waals surface area (Å²) < 4.78 is 5.66. The molecule has 26 heavy (non-hydrogen) atoms. The maximum Gasteiger partial charge on any atom is 0.191 e. The molecule has 0 saturated carbocycles. The predicted octanol–water partition coefficient (Wildman–Crippen LogP) is 3.61. The number of ether oxygens (including phenoxy) is 1. The Morgan fingerprint density at radius 3 is 2.50 bits per heavy atom. The van der Waals surface area contributed by atoms with Crippen LogP contribution in [-0.4, -0.2) is 19.6 Å². The van der Waals surface area contributed by atoms with Crippen molar-refractivity contribution in [1.29, 1.82) is 5.26 Å². The van der Waals surface area contributed by atoms with Gasteiger partial charge >= 0.3 is 0 Å². The molecule has 2 rings (SSSR count). The number of hydrogen-bond acceptors (Lipinski definition) is 3. The van der Waals surface area contributed by atoms with Gasteiger partial charge in [0.15, 0.2) is 5.96 Å². The van der Waals surface area contributed by atoms with Gasteiger partial charge in [-0.3, -0.25) is 4.99 Å². The molecule has 2 aromatic carbocycles. The third-order valence-electron chi connectivity index (χ3n) is 3.54. The van der Waals surface area contributed by atoms with E-state index in [-0.39, 0.29) is 24.0 Å². The molecule has 2 N–H and O–H groups in total. The first-order valence-corrected chi connectivity index (χ1v) is 8.02. The van der Waals surface area contributed by atoms with Crippen molar-refractivity contribution in [2.24, 2.45) is 4.99 Å². The summed E-state index contributed by atoms with van der Waals surface area (Å²) in [5, 5.41) is 15.4. The van der Waals surface area contributed by atoms with Crippen LogP contribution < -0.4 is 15.4 Å². The van der Waals surface area contributed by atoms with Crippen LogP contribution in [-0.2, 0) is 13.1 Å². The number of nitriles is 1. The summed E-state index contributed by atoms with van der Waals surface area (Å²) in [6, 6.07) is 17.5. The Bertz CT molecular complexity index is 766. The Labute approximate surface area is 171 Å². The van der Waals surface area contributed by atoms with Gasteiger partial charge in [-0.1, -0.05) is 43.0 Å². The number of benzene rings is 2. The Morgan fingerprint density at radius 2 is 1.85 bits per heavy atom. The molecular formula is C20H23IN4O. The fourth-order valence-electron chi connectivity index (χ4n) is 2.22. The topological polar surface area (TPSA) is 69.4 Å². The van der Waals surface area contributed by atoms with Crippen LogP contribution in [0.5, 0.6) is 5.75 Å². The van der Waals surface area contributed by atoms with Crippen molar-refractivity contribution >= 4 is 29.9 Å². The minimum absolute atomic E-state index is 0. The summed E-state index contributed by atoms with van der Waals surface area (Å²) in [5.41, 5.74) is 2.78. The van der Waals surface area contributed by atoms with E-state index in [0.29, 0.717) is 31.2 Å². The largest absolute Gasteiger partial charge is 0.489 e. The van der Waals surface area contributed by atoms with Crippen LogP contribution in [0.4, 0.5) is 0 Å². The van der Waals surface area contributed by atoms with Gasteiger partial charge in [-0.05, 0) is 23.8 Å². The van der Waals surface area contributed by atoms with Crippen molar-refractivity contribution in [3.63, 3.8) is 0 Å². The minimum atomic E-state index is 0. The quantitative estimate of drug-likeness (QED) is 0.286. The average Bonchev–Trinajstić information content (AvgIpc) is 2.67. The summed E-state index contributed by atoms with van der Waals surface area (Å²) in [5.74, 6) is 1.53. The zero-order chi connectivity index (χ0) is 17.9. The van der Waals surface area contributed by atoms with E-state index in [2.05, 4.69) is 28.3 Å². The molecule has 0 aromatic heterocycles. The molecule has 0 atom stereocenters. The molecule has 5 nitrogen and oxygen atoms in total. The lowest BCUT2D eigenvalue weighted by Crippen LogP contribution is -2.36. The van der Waals surface area contributed by atoms with Crippen LogP contribution >= 0.6 is 24.0 Å². The first kappa shape index (κ1) is 21.5. The molecule has 136 valence electrons. The highest BCUT2D eigenvalue weighted by molar-refractivity contribution is 14.0. The second-order valence-corrected chi connectivity index (χ2v) is 5.30. The van der Waals surface area contributed by atoms with E-state index in [0.717, 1.165) is 16.9 Å². The van der Waals surface area contributed by atoms with Gasteiger partial charge in [0.25, 0.3) is 0 Å². The number of hydrogen-bond donors (Lipinski definition) is 2. The van der Waals surface area contributed by atoms with Gasteiger partial charge in [0.2, 0.25) is 0 Å². The van der Waals surface area contributed by atoms with Crippen LogP contribution in [0.3, 0.4) is 0 Å². The predicted molar refractivity (Wildman–Crippen MR) is 116 cm³/mol. The Kier molecular flexibility index (Phi) is 9.87. The van der Waals surface area contributed by atoms with E-state index in [4.69, 9.17) is 10.00 Å². The number of nitrogens with zero attached hydrogens (tertiary/aromatic N) is 2. The Morgan fingerprint density at radius 1 is 1.15 bits per heavy atom. The maximum absolute atomic E-state index is 8.83. The molecule has 0 bridgehead atoms. The van der Waals surface area contributed by atoms with Crippen molar-refractivity contribution in [1.82, 2.24) is 10.6 Å². The van der Waals surface area contributed by atoms with Crippen molar-refractivity contribution in [2.45, 2.75) is 13.1 Å². The summed E-state index contributed by atoms with van der Waals surface area (Å²) in [4.78, 5) is 4.23. The number of aliphatic imine (C=N–C) groups is 1. The van der Waals surface area contributed by atoms with Gasteiger partial charge < -0.3 is 15.4 Å². The standard InChI is InChI=1S/C20H22N4O.HI/c1-3-12-25-19-7-5-4-6-18(19)15-24-20(22-2)23-14-17-10-8-16(13-21)9-11-17;/h3-11H,1,12,14-15H2,2H3,(H2,22,23,24);1H. The second-order valence-electron chi connectivity index (χ2n) is 5.30. The van der Waals surface area contributed by atoms with Gasteiger partial charge in [0.05, 0.1) is 11.6 Å². The molecular weight excluding hydrogens is 439 g/mol. The van der Waals surface area contributed by atoms with Gasteiger partial charge in [0, 0.05) is 25.7 Å².